The summed E-state index contributed by atoms with van der Waals surface area (Å²) in [5, 5.41) is 14.5. The van der Waals surface area contributed by atoms with Gasteiger partial charge in [-0.25, -0.2) is 9.97 Å². The van der Waals surface area contributed by atoms with E-state index in [1.54, 1.807) is 16.5 Å². The van der Waals surface area contributed by atoms with Crippen LogP contribution >= 0.6 is 11.3 Å². The fourth-order valence-corrected chi connectivity index (χ4v) is 3.41. The van der Waals surface area contributed by atoms with E-state index in [2.05, 4.69) is 15.3 Å². The van der Waals surface area contributed by atoms with Crippen molar-refractivity contribution in [3.63, 3.8) is 0 Å². The van der Waals surface area contributed by atoms with Crippen molar-refractivity contribution in [3.05, 3.63) is 35.5 Å². The average molecular weight is 346 g/mol. The summed E-state index contributed by atoms with van der Waals surface area (Å²) >= 11 is 1.32. The van der Waals surface area contributed by atoms with Gasteiger partial charge in [-0.05, 0) is 31.9 Å². The predicted molar refractivity (Wildman–Crippen MR) is 90.5 cm³/mol. The zero-order valence-electron chi connectivity index (χ0n) is 13.2. The van der Waals surface area contributed by atoms with E-state index >= 15 is 0 Å². The van der Waals surface area contributed by atoms with Gasteiger partial charge in [-0.2, -0.15) is 0 Å². The first-order valence-electron chi connectivity index (χ1n) is 7.72. The Hall–Kier alpha value is -2.48. The van der Waals surface area contributed by atoms with E-state index in [1.165, 1.54) is 11.3 Å². The van der Waals surface area contributed by atoms with Crippen LogP contribution in [-0.2, 0) is 4.79 Å². The van der Waals surface area contributed by atoms with Crippen LogP contribution in [0.5, 0.6) is 0 Å². The molecule has 0 saturated carbocycles. The molecule has 1 fully saturated rings. The van der Waals surface area contributed by atoms with Crippen molar-refractivity contribution in [3.8, 4) is 0 Å². The molecule has 7 nitrogen and oxygen atoms in total. The third kappa shape index (κ3) is 3.53. The van der Waals surface area contributed by atoms with Crippen molar-refractivity contribution >= 4 is 34.2 Å². The molecule has 1 amide bonds. The molecule has 0 spiro atoms. The molecule has 1 aliphatic heterocycles. The molecule has 0 aromatic carbocycles. The molecular weight excluding hydrogens is 328 g/mol. The maximum Gasteiger partial charge on any atom is 0.308 e. The van der Waals surface area contributed by atoms with Gasteiger partial charge in [-0.15, -0.1) is 11.3 Å². The number of carboxylic acid groups (broad SMARTS) is 1. The lowest BCUT2D eigenvalue weighted by Crippen LogP contribution is -2.47. The summed E-state index contributed by atoms with van der Waals surface area (Å²) in [5.74, 6) is -0.924. The summed E-state index contributed by atoms with van der Waals surface area (Å²) in [7, 11) is 0. The first kappa shape index (κ1) is 16.4. The molecule has 0 radical (unpaired) electrons. The Bertz CT molecular complexity index is 734. The Kier molecular flexibility index (Phi) is 4.75. The number of aromatic nitrogens is 2. The lowest BCUT2D eigenvalue weighted by molar-refractivity contribution is -0.143. The number of rotatable bonds is 4. The number of nitrogens with one attached hydrogen (secondary N) is 1. The van der Waals surface area contributed by atoms with Gasteiger partial charge in [0.2, 0.25) is 0 Å². The van der Waals surface area contributed by atoms with Crippen molar-refractivity contribution in [2.75, 3.05) is 11.9 Å². The molecule has 1 saturated heterocycles. The van der Waals surface area contributed by atoms with Gasteiger partial charge < -0.3 is 15.3 Å². The van der Waals surface area contributed by atoms with Crippen LogP contribution < -0.4 is 5.32 Å². The summed E-state index contributed by atoms with van der Waals surface area (Å²) in [4.78, 5) is 34.0. The van der Waals surface area contributed by atoms with Crippen LogP contribution in [0.15, 0.2) is 29.8 Å². The van der Waals surface area contributed by atoms with Crippen LogP contribution in [0, 0.1) is 5.92 Å². The Labute approximate surface area is 143 Å². The van der Waals surface area contributed by atoms with Gasteiger partial charge in [-0.1, -0.05) is 6.07 Å². The fraction of sp³-hybridized carbons (Fsp3) is 0.375. The highest BCUT2D eigenvalue weighted by Crippen LogP contribution is 2.26. The number of aliphatic carboxylic acids is 1. The molecule has 8 heteroatoms. The molecule has 3 rings (SSSR count). The number of likely N-dealkylation sites (tertiary alicyclic amines) is 1. The van der Waals surface area contributed by atoms with Gasteiger partial charge >= 0.3 is 5.97 Å². The number of carbonyl (C=O) groups excluding carboxylic acids is 1. The third-order valence-electron chi connectivity index (χ3n) is 4.12. The second-order valence-corrected chi connectivity index (χ2v) is 6.66. The minimum Gasteiger partial charge on any atom is -0.481 e. The number of pyridine rings is 1. The minimum atomic E-state index is -0.851. The number of piperidine rings is 1. The van der Waals surface area contributed by atoms with Crippen molar-refractivity contribution in [2.45, 2.75) is 25.8 Å². The highest BCUT2D eigenvalue weighted by Gasteiger charge is 2.33. The molecule has 2 atom stereocenters. The number of amides is 1. The molecular formula is C16H18N4O3S. The van der Waals surface area contributed by atoms with Gasteiger partial charge in [0.1, 0.15) is 11.5 Å². The lowest BCUT2D eigenvalue weighted by atomic mass is 9.93. The number of carbonyl (C=O) groups is 2. The summed E-state index contributed by atoms with van der Waals surface area (Å²) < 4.78 is 0. The van der Waals surface area contributed by atoms with Crippen molar-refractivity contribution in [1.82, 2.24) is 14.9 Å². The lowest BCUT2D eigenvalue weighted by Gasteiger charge is -2.36. The summed E-state index contributed by atoms with van der Waals surface area (Å²) in [6.07, 6.45) is 2.96. The second kappa shape index (κ2) is 6.96. The fourth-order valence-electron chi connectivity index (χ4n) is 2.71. The monoisotopic (exact) mass is 346 g/mol. The number of hydrogen-bond acceptors (Lipinski definition) is 6. The third-order valence-corrected chi connectivity index (χ3v) is 4.87. The van der Waals surface area contributed by atoms with E-state index in [1.807, 2.05) is 25.1 Å². The van der Waals surface area contributed by atoms with Crippen LogP contribution in [0.1, 0.15) is 30.3 Å². The number of hydrogen-bond donors (Lipinski definition) is 2. The minimum absolute atomic E-state index is 0.0157. The van der Waals surface area contributed by atoms with E-state index in [4.69, 9.17) is 0 Å². The highest BCUT2D eigenvalue weighted by atomic mass is 32.1. The van der Waals surface area contributed by atoms with E-state index in [0.717, 1.165) is 0 Å². The van der Waals surface area contributed by atoms with Crippen molar-refractivity contribution in [1.29, 1.82) is 0 Å². The quantitative estimate of drug-likeness (QED) is 0.883. The van der Waals surface area contributed by atoms with Gasteiger partial charge in [0.15, 0.2) is 5.13 Å². The Morgan fingerprint density at radius 3 is 2.92 bits per heavy atom. The SMILES string of the molecule is CC1CCC(C(=O)O)CN1C(=O)c1csc(Nc2ccccn2)n1. The average Bonchev–Trinajstić information content (AvgIpc) is 3.04. The zero-order valence-corrected chi connectivity index (χ0v) is 14.0. The number of anilines is 2. The number of carboxylic acids is 1. The molecule has 1 aliphatic rings. The predicted octanol–water partition coefficient (Wildman–Crippen LogP) is 2.61. The Morgan fingerprint density at radius 1 is 1.38 bits per heavy atom. The Balaban J connectivity index is 1.72. The molecule has 2 aromatic heterocycles. The zero-order chi connectivity index (χ0) is 17.1. The molecule has 2 aromatic rings. The molecule has 3 heterocycles. The van der Waals surface area contributed by atoms with Crippen LogP contribution in [-0.4, -0.2) is 44.4 Å². The molecule has 2 unspecified atom stereocenters. The van der Waals surface area contributed by atoms with E-state index in [0.29, 0.717) is 29.5 Å². The summed E-state index contributed by atoms with van der Waals surface area (Å²) in [6, 6.07) is 5.50. The second-order valence-electron chi connectivity index (χ2n) is 5.80. The maximum absolute atomic E-state index is 12.7. The smallest absolute Gasteiger partial charge is 0.308 e. The molecule has 2 N–H and O–H groups in total. The van der Waals surface area contributed by atoms with Crippen LogP contribution in [0.3, 0.4) is 0 Å². The van der Waals surface area contributed by atoms with E-state index in [-0.39, 0.29) is 18.5 Å². The largest absolute Gasteiger partial charge is 0.481 e. The summed E-state index contributed by atoms with van der Waals surface area (Å²) in [6.45, 7) is 2.17. The van der Waals surface area contributed by atoms with Gasteiger partial charge in [-0.3, -0.25) is 9.59 Å². The maximum atomic E-state index is 12.7. The van der Waals surface area contributed by atoms with Crippen molar-refractivity contribution < 1.29 is 14.7 Å². The van der Waals surface area contributed by atoms with E-state index in [9.17, 15) is 14.7 Å². The number of nitrogens with zero attached hydrogens (tertiary/aromatic N) is 3. The topological polar surface area (TPSA) is 95.4 Å². The molecule has 0 bridgehead atoms. The first-order chi connectivity index (χ1) is 11.5. The van der Waals surface area contributed by atoms with Crippen LogP contribution in [0.25, 0.3) is 0 Å². The van der Waals surface area contributed by atoms with Crippen LogP contribution in [0.4, 0.5) is 10.9 Å². The molecule has 24 heavy (non-hydrogen) atoms. The summed E-state index contributed by atoms with van der Waals surface area (Å²) in [5.41, 5.74) is 0.330. The number of thiazole rings is 1. The Morgan fingerprint density at radius 2 is 2.21 bits per heavy atom. The van der Waals surface area contributed by atoms with Crippen LogP contribution in [0.2, 0.25) is 0 Å². The highest BCUT2D eigenvalue weighted by molar-refractivity contribution is 7.14. The first-order valence-corrected chi connectivity index (χ1v) is 8.60. The standard InChI is InChI=1S/C16H18N4O3S/c1-10-5-6-11(15(22)23)8-20(10)14(21)12-9-24-16(18-12)19-13-4-2-3-7-17-13/h2-4,7,9-11H,5-6,8H2,1H3,(H,22,23)(H,17,18,19). The van der Waals surface area contributed by atoms with Crippen molar-refractivity contribution in [2.24, 2.45) is 5.92 Å². The molecule has 0 aliphatic carbocycles. The van der Waals surface area contributed by atoms with E-state index < -0.39 is 11.9 Å². The normalized spacial score (nSPS) is 20.6. The van der Waals surface area contributed by atoms with Gasteiger partial charge in [0.25, 0.3) is 5.91 Å². The van der Waals surface area contributed by atoms with Gasteiger partial charge in [0.05, 0.1) is 5.92 Å². The molecule has 126 valence electrons. The van der Waals surface area contributed by atoms with Gasteiger partial charge in [0, 0.05) is 24.2 Å².